The minimum Gasteiger partial charge on any atom is -0.349 e. The van der Waals surface area contributed by atoms with Gasteiger partial charge in [0.05, 0.1) is 28.4 Å². The van der Waals surface area contributed by atoms with Crippen molar-refractivity contribution in [1.29, 1.82) is 0 Å². The predicted octanol–water partition coefficient (Wildman–Crippen LogP) is 3.29. The molecule has 3 aromatic rings. The van der Waals surface area contributed by atoms with Crippen molar-refractivity contribution < 1.29 is 9.59 Å². The van der Waals surface area contributed by atoms with Crippen LogP contribution in [0.4, 0.5) is 0 Å². The fourth-order valence-electron chi connectivity index (χ4n) is 3.86. The fraction of sp³-hybridized carbons (Fsp3) is 0.381. The molecule has 6 nitrogen and oxygen atoms in total. The van der Waals surface area contributed by atoms with E-state index in [2.05, 4.69) is 21.8 Å². The number of aryl methyl sites for hydroxylation is 1. The third-order valence-electron chi connectivity index (χ3n) is 5.28. The number of thiophene rings is 1. The molecule has 1 atom stereocenters. The van der Waals surface area contributed by atoms with E-state index < -0.39 is 0 Å². The van der Waals surface area contributed by atoms with Gasteiger partial charge in [0, 0.05) is 19.6 Å². The molecule has 1 unspecified atom stereocenters. The van der Waals surface area contributed by atoms with E-state index in [1.807, 2.05) is 41.8 Å². The molecular formula is C21H24N4O2S. The molecule has 0 radical (unpaired) electrons. The quantitative estimate of drug-likeness (QED) is 0.720. The summed E-state index contributed by atoms with van der Waals surface area (Å²) in [5, 5.41) is 4.94. The van der Waals surface area contributed by atoms with Crippen LogP contribution in [0.15, 0.2) is 41.8 Å². The number of imidazole rings is 1. The number of benzene rings is 1. The van der Waals surface area contributed by atoms with Crippen molar-refractivity contribution in [2.24, 2.45) is 5.92 Å². The van der Waals surface area contributed by atoms with Crippen LogP contribution < -0.4 is 5.32 Å². The van der Waals surface area contributed by atoms with Gasteiger partial charge in [-0.3, -0.25) is 9.59 Å². The zero-order chi connectivity index (χ0) is 19.5. The van der Waals surface area contributed by atoms with Gasteiger partial charge in [-0.15, -0.1) is 11.3 Å². The van der Waals surface area contributed by atoms with Gasteiger partial charge in [0.1, 0.15) is 5.82 Å². The van der Waals surface area contributed by atoms with Crippen molar-refractivity contribution in [3.63, 3.8) is 0 Å². The number of nitrogens with zero attached hydrogens (tertiary/aromatic N) is 3. The van der Waals surface area contributed by atoms with Crippen molar-refractivity contribution >= 4 is 34.2 Å². The molecule has 0 saturated carbocycles. The highest BCUT2D eigenvalue weighted by Gasteiger charge is 2.29. The third-order valence-corrected chi connectivity index (χ3v) is 6.14. The maximum atomic E-state index is 12.8. The van der Waals surface area contributed by atoms with Crippen LogP contribution in [0.1, 0.15) is 35.3 Å². The number of likely N-dealkylation sites (tertiary alicyclic amines) is 1. The molecule has 0 spiro atoms. The highest BCUT2D eigenvalue weighted by Crippen LogP contribution is 2.21. The first-order chi connectivity index (χ1) is 13.7. The Morgan fingerprint density at radius 1 is 1.25 bits per heavy atom. The topological polar surface area (TPSA) is 67.2 Å². The Labute approximate surface area is 168 Å². The van der Waals surface area contributed by atoms with Gasteiger partial charge in [-0.1, -0.05) is 18.2 Å². The summed E-state index contributed by atoms with van der Waals surface area (Å²) in [6.45, 7) is 4.47. The van der Waals surface area contributed by atoms with Crippen molar-refractivity contribution in [3.05, 3.63) is 52.5 Å². The summed E-state index contributed by atoms with van der Waals surface area (Å²) in [5.74, 6) is 0.718. The van der Waals surface area contributed by atoms with Crippen LogP contribution in [0.5, 0.6) is 0 Å². The van der Waals surface area contributed by atoms with Gasteiger partial charge in [0.2, 0.25) is 5.91 Å². The van der Waals surface area contributed by atoms with E-state index in [9.17, 15) is 9.59 Å². The number of rotatable bonds is 5. The second kappa shape index (κ2) is 8.14. The Hall–Kier alpha value is -2.67. The van der Waals surface area contributed by atoms with Crippen LogP contribution in [0, 0.1) is 5.92 Å². The zero-order valence-electron chi connectivity index (χ0n) is 15.9. The second-order valence-electron chi connectivity index (χ2n) is 7.05. The SMILES string of the molecule is CCn1c(CNC(=O)C2CCCN(C(=O)c3cccs3)C2)nc2ccccc21. The number of aromatic nitrogens is 2. The number of para-hydroxylation sites is 2. The smallest absolute Gasteiger partial charge is 0.263 e. The standard InChI is InChI=1S/C21H24N4O2S/c1-2-25-17-9-4-3-8-16(17)23-19(25)13-22-20(26)15-7-5-11-24(14-15)21(27)18-10-6-12-28-18/h3-4,6,8-10,12,15H,2,5,7,11,13-14H2,1H3,(H,22,26). The van der Waals surface area contributed by atoms with Crippen molar-refractivity contribution in [2.75, 3.05) is 13.1 Å². The van der Waals surface area contributed by atoms with E-state index in [1.165, 1.54) is 11.3 Å². The van der Waals surface area contributed by atoms with Gasteiger partial charge in [0.25, 0.3) is 5.91 Å². The largest absolute Gasteiger partial charge is 0.349 e. The molecule has 1 aliphatic heterocycles. The molecule has 28 heavy (non-hydrogen) atoms. The number of hydrogen-bond donors (Lipinski definition) is 1. The van der Waals surface area contributed by atoms with Gasteiger partial charge in [-0.25, -0.2) is 4.98 Å². The van der Waals surface area contributed by atoms with Crippen molar-refractivity contribution in [1.82, 2.24) is 19.8 Å². The molecule has 2 amide bonds. The predicted molar refractivity (Wildman–Crippen MR) is 110 cm³/mol. The molecule has 3 heterocycles. The molecule has 1 aliphatic rings. The lowest BCUT2D eigenvalue weighted by molar-refractivity contribution is -0.126. The fourth-order valence-corrected chi connectivity index (χ4v) is 4.55. The summed E-state index contributed by atoms with van der Waals surface area (Å²) in [6, 6.07) is 11.7. The second-order valence-corrected chi connectivity index (χ2v) is 7.99. The third kappa shape index (κ3) is 3.67. The Morgan fingerprint density at radius 2 is 2.11 bits per heavy atom. The van der Waals surface area contributed by atoms with Gasteiger partial charge in [-0.2, -0.15) is 0 Å². The number of carbonyl (C=O) groups excluding carboxylic acids is 2. The average Bonchev–Trinajstić information content (AvgIpc) is 3.39. The van der Waals surface area contributed by atoms with E-state index in [0.29, 0.717) is 19.6 Å². The van der Waals surface area contributed by atoms with Crippen LogP contribution in [-0.2, 0) is 17.9 Å². The van der Waals surface area contributed by atoms with Crippen molar-refractivity contribution in [3.8, 4) is 0 Å². The summed E-state index contributed by atoms with van der Waals surface area (Å²) in [7, 11) is 0. The summed E-state index contributed by atoms with van der Waals surface area (Å²) >= 11 is 1.45. The molecule has 7 heteroatoms. The Balaban J connectivity index is 1.40. The molecule has 0 aliphatic carbocycles. The molecule has 1 saturated heterocycles. The maximum Gasteiger partial charge on any atom is 0.263 e. The summed E-state index contributed by atoms with van der Waals surface area (Å²) in [4.78, 5) is 32.5. The number of amides is 2. The molecule has 0 bridgehead atoms. The van der Waals surface area contributed by atoms with Crippen LogP contribution in [-0.4, -0.2) is 39.4 Å². The normalized spacial score (nSPS) is 17.0. The number of fused-ring (bicyclic) bond motifs is 1. The highest BCUT2D eigenvalue weighted by atomic mass is 32.1. The molecule has 1 N–H and O–H groups in total. The molecule has 146 valence electrons. The first-order valence-electron chi connectivity index (χ1n) is 9.72. The Morgan fingerprint density at radius 3 is 2.89 bits per heavy atom. The Kier molecular flexibility index (Phi) is 5.43. The minimum atomic E-state index is -0.169. The number of piperidine rings is 1. The van der Waals surface area contributed by atoms with E-state index >= 15 is 0 Å². The first-order valence-corrected chi connectivity index (χ1v) is 10.6. The van der Waals surface area contributed by atoms with Crippen LogP contribution in [0.3, 0.4) is 0 Å². The van der Waals surface area contributed by atoms with Gasteiger partial charge in [0.15, 0.2) is 0 Å². The lowest BCUT2D eigenvalue weighted by Gasteiger charge is -2.31. The molecule has 2 aromatic heterocycles. The molecule has 1 fully saturated rings. The highest BCUT2D eigenvalue weighted by molar-refractivity contribution is 7.12. The maximum absolute atomic E-state index is 12.8. The van der Waals surface area contributed by atoms with Crippen LogP contribution >= 0.6 is 11.3 Å². The molecule has 1 aromatic carbocycles. The minimum absolute atomic E-state index is 0.00149. The number of nitrogens with one attached hydrogen (secondary N) is 1. The number of hydrogen-bond acceptors (Lipinski definition) is 4. The first kappa shape index (κ1) is 18.7. The molecular weight excluding hydrogens is 372 g/mol. The van der Waals surface area contributed by atoms with Gasteiger partial charge in [-0.05, 0) is 43.3 Å². The lowest BCUT2D eigenvalue weighted by atomic mass is 9.97. The monoisotopic (exact) mass is 396 g/mol. The average molecular weight is 397 g/mol. The van der Waals surface area contributed by atoms with E-state index in [4.69, 9.17) is 0 Å². The zero-order valence-corrected chi connectivity index (χ0v) is 16.7. The van der Waals surface area contributed by atoms with Crippen molar-refractivity contribution in [2.45, 2.75) is 32.9 Å². The Bertz CT molecular complexity index is 980. The van der Waals surface area contributed by atoms with Gasteiger partial charge < -0.3 is 14.8 Å². The summed E-state index contributed by atoms with van der Waals surface area (Å²) in [6.07, 6.45) is 1.66. The van der Waals surface area contributed by atoms with Crippen LogP contribution in [0.2, 0.25) is 0 Å². The summed E-state index contributed by atoms with van der Waals surface area (Å²) < 4.78 is 2.13. The molecule has 4 rings (SSSR count). The lowest BCUT2D eigenvalue weighted by Crippen LogP contribution is -2.45. The van der Waals surface area contributed by atoms with Crippen LogP contribution in [0.25, 0.3) is 11.0 Å². The van der Waals surface area contributed by atoms with E-state index in [1.54, 1.807) is 4.90 Å². The summed E-state index contributed by atoms with van der Waals surface area (Å²) in [5.41, 5.74) is 2.03. The van der Waals surface area contributed by atoms with Gasteiger partial charge >= 0.3 is 0 Å². The van der Waals surface area contributed by atoms with E-state index in [0.717, 1.165) is 41.1 Å². The number of carbonyl (C=O) groups is 2. The van der Waals surface area contributed by atoms with E-state index in [-0.39, 0.29) is 17.7 Å².